The third kappa shape index (κ3) is 5.46. The minimum Gasteiger partial charge on any atom is -0.351 e. The van der Waals surface area contributed by atoms with Crippen LogP contribution in [0.5, 0.6) is 0 Å². The van der Waals surface area contributed by atoms with Gasteiger partial charge in [0.1, 0.15) is 11.5 Å². The van der Waals surface area contributed by atoms with Gasteiger partial charge in [-0.2, -0.15) is 5.10 Å². The molecule has 9 nitrogen and oxygen atoms in total. The Morgan fingerprint density at radius 1 is 1.09 bits per heavy atom. The molecule has 0 saturated heterocycles. The molecular formula is C24H24N6O3S. The second-order valence-corrected chi connectivity index (χ2v) is 9.69. The summed E-state index contributed by atoms with van der Waals surface area (Å²) in [7, 11) is -3.29. The van der Waals surface area contributed by atoms with Gasteiger partial charge in [0.2, 0.25) is 5.91 Å². The van der Waals surface area contributed by atoms with Crippen LogP contribution in [0.1, 0.15) is 11.4 Å². The molecule has 0 aliphatic heterocycles. The van der Waals surface area contributed by atoms with E-state index in [9.17, 15) is 13.2 Å². The average Bonchev–Trinajstić information content (AvgIpc) is 3.44. The molecule has 0 radical (unpaired) electrons. The first-order valence-electron chi connectivity index (χ1n) is 10.6. The number of benzene rings is 1. The zero-order valence-corrected chi connectivity index (χ0v) is 19.6. The summed E-state index contributed by atoms with van der Waals surface area (Å²) in [6.07, 6.45) is 13.1. The first-order chi connectivity index (χ1) is 16.3. The van der Waals surface area contributed by atoms with E-state index in [4.69, 9.17) is 0 Å². The van der Waals surface area contributed by atoms with E-state index in [2.05, 4.69) is 20.4 Å². The Balaban J connectivity index is 1.55. The van der Waals surface area contributed by atoms with Crippen LogP contribution in [-0.4, -0.2) is 51.4 Å². The molecular weight excluding hydrogens is 452 g/mol. The van der Waals surface area contributed by atoms with Crippen LogP contribution in [-0.2, 0) is 21.2 Å². The summed E-state index contributed by atoms with van der Waals surface area (Å²) in [5, 5.41) is 7.54. The van der Waals surface area contributed by atoms with E-state index in [1.54, 1.807) is 59.8 Å². The predicted octanol–water partition coefficient (Wildman–Crippen LogP) is 2.67. The van der Waals surface area contributed by atoms with Gasteiger partial charge in [0, 0.05) is 67.5 Å². The molecule has 0 saturated carbocycles. The number of nitrogens with zero attached hydrogens (tertiary/aromatic N) is 5. The van der Waals surface area contributed by atoms with Gasteiger partial charge in [-0.15, -0.1) is 0 Å². The molecule has 3 aromatic heterocycles. The molecule has 0 fully saturated rings. The van der Waals surface area contributed by atoms with Crippen molar-refractivity contribution in [3.8, 4) is 16.9 Å². The smallest absolute Gasteiger partial charge is 0.244 e. The van der Waals surface area contributed by atoms with Crippen LogP contribution < -0.4 is 5.32 Å². The molecule has 0 bridgehead atoms. The van der Waals surface area contributed by atoms with E-state index in [1.165, 1.54) is 12.3 Å². The average molecular weight is 477 g/mol. The number of amides is 1. The number of pyridine rings is 1. The molecule has 1 aromatic carbocycles. The molecule has 4 aromatic rings. The van der Waals surface area contributed by atoms with Gasteiger partial charge >= 0.3 is 0 Å². The van der Waals surface area contributed by atoms with Crippen LogP contribution >= 0.6 is 0 Å². The highest BCUT2D eigenvalue weighted by molar-refractivity contribution is 7.90. The van der Waals surface area contributed by atoms with Crippen LogP contribution in [0.15, 0.2) is 78.4 Å². The molecule has 1 amide bonds. The van der Waals surface area contributed by atoms with Crippen molar-refractivity contribution in [3.05, 3.63) is 84.8 Å². The summed E-state index contributed by atoms with van der Waals surface area (Å²) in [5.74, 6) is 0.674. The normalized spacial score (nSPS) is 11.7. The summed E-state index contributed by atoms with van der Waals surface area (Å²) in [5.41, 5.74) is 2.95. The zero-order valence-electron chi connectivity index (χ0n) is 18.8. The van der Waals surface area contributed by atoms with Gasteiger partial charge in [-0.3, -0.25) is 9.78 Å². The van der Waals surface area contributed by atoms with Gasteiger partial charge in [0.15, 0.2) is 9.84 Å². The standard InChI is InChI=1S/C24H24N6O3S/c1-18-26-13-15-29(18)16-14-27-23(31)8-3-20-17-30(28-24(20)19-9-11-25-12-10-19)21-4-6-22(7-5-21)34(2,32)33/h3-13,15,17H,14,16H2,1-2H3,(H,27,31)/b8-3+. The number of rotatable bonds is 8. The maximum atomic E-state index is 12.4. The number of carbonyl (C=O) groups excluding carboxylic acids is 1. The van der Waals surface area contributed by atoms with Crippen molar-refractivity contribution >= 4 is 21.8 Å². The summed E-state index contributed by atoms with van der Waals surface area (Å²) in [6.45, 7) is 3.02. The molecule has 0 spiro atoms. The molecule has 4 rings (SSSR count). The number of hydrogen-bond acceptors (Lipinski definition) is 6. The second-order valence-electron chi connectivity index (χ2n) is 7.67. The van der Waals surface area contributed by atoms with E-state index < -0.39 is 9.84 Å². The molecule has 0 aliphatic rings. The Morgan fingerprint density at radius 2 is 1.82 bits per heavy atom. The number of aromatic nitrogens is 5. The number of nitrogens with one attached hydrogen (secondary N) is 1. The van der Waals surface area contributed by atoms with Crippen LogP contribution in [0.2, 0.25) is 0 Å². The van der Waals surface area contributed by atoms with Crippen molar-refractivity contribution in [3.63, 3.8) is 0 Å². The number of hydrogen-bond donors (Lipinski definition) is 1. The molecule has 0 atom stereocenters. The fourth-order valence-electron chi connectivity index (χ4n) is 3.39. The van der Waals surface area contributed by atoms with Crippen molar-refractivity contribution in [2.75, 3.05) is 12.8 Å². The van der Waals surface area contributed by atoms with Gasteiger partial charge in [0.25, 0.3) is 0 Å². The SMILES string of the molecule is Cc1nccn1CCNC(=O)/C=C/c1cn(-c2ccc(S(C)(=O)=O)cc2)nc1-c1ccncc1. The Morgan fingerprint density at radius 3 is 2.47 bits per heavy atom. The third-order valence-electron chi connectivity index (χ3n) is 5.22. The Kier molecular flexibility index (Phi) is 6.69. The fourth-order valence-corrected chi connectivity index (χ4v) is 4.02. The highest BCUT2D eigenvalue weighted by Crippen LogP contribution is 2.25. The molecule has 3 heterocycles. The zero-order chi connectivity index (χ0) is 24.1. The quantitative estimate of drug-likeness (QED) is 0.391. The number of sulfone groups is 1. The second kappa shape index (κ2) is 9.84. The van der Waals surface area contributed by atoms with Crippen LogP contribution in [0.25, 0.3) is 23.0 Å². The van der Waals surface area contributed by atoms with Crippen LogP contribution in [0, 0.1) is 6.92 Å². The molecule has 0 unspecified atom stereocenters. The molecule has 174 valence electrons. The lowest BCUT2D eigenvalue weighted by Gasteiger charge is -2.05. The summed E-state index contributed by atoms with van der Waals surface area (Å²) >= 11 is 0. The van der Waals surface area contributed by atoms with Gasteiger partial charge in [-0.25, -0.2) is 18.1 Å². The maximum absolute atomic E-state index is 12.4. The largest absolute Gasteiger partial charge is 0.351 e. The molecule has 34 heavy (non-hydrogen) atoms. The van der Waals surface area contributed by atoms with Gasteiger partial charge in [0.05, 0.1) is 10.6 Å². The lowest BCUT2D eigenvalue weighted by atomic mass is 10.1. The van der Waals surface area contributed by atoms with Crippen LogP contribution in [0.3, 0.4) is 0 Å². The molecule has 0 aliphatic carbocycles. The summed E-state index contributed by atoms with van der Waals surface area (Å²) in [6, 6.07) is 10.2. The van der Waals surface area contributed by atoms with Crippen molar-refractivity contribution < 1.29 is 13.2 Å². The monoisotopic (exact) mass is 476 g/mol. The van der Waals surface area contributed by atoms with Crippen molar-refractivity contribution in [2.45, 2.75) is 18.4 Å². The number of imidazole rings is 1. The lowest BCUT2D eigenvalue weighted by Crippen LogP contribution is -2.25. The highest BCUT2D eigenvalue weighted by atomic mass is 32.2. The minimum atomic E-state index is -3.29. The van der Waals surface area contributed by atoms with E-state index in [0.29, 0.717) is 24.5 Å². The van der Waals surface area contributed by atoms with Gasteiger partial charge in [-0.05, 0) is 49.4 Å². The minimum absolute atomic E-state index is 0.219. The fraction of sp³-hybridized carbons (Fsp3) is 0.167. The lowest BCUT2D eigenvalue weighted by molar-refractivity contribution is -0.116. The molecule has 10 heteroatoms. The topological polar surface area (TPSA) is 112 Å². The van der Waals surface area contributed by atoms with Crippen LogP contribution in [0.4, 0.5) is 0 Å². The maximum Gasteiger partial charge on any atom is 0.244 e. The van der Waals surface area contributed by atoms with E-state index in [1.807, 2.05) is 29.8 Å². The molecule has 1 N–H and O–H groups in total. The third-order valence-corrected chi connectivity index (χ3v) is 6.34. The Hall–Kier alpha value is -4.05. The summed E-state index contributed by atoms with van der Waals surface area (Å²) < 4.78 is 27.1. The first-order valence-corrected chi connectivity index (χ1v) is 12.4. The number of aryl methyl sites for hydroxylation is 1. The van der Waals surface area contributed by atoms with Gasteiger partial charge in [-0.1, -0.05) is 0 Å². The Bertz CT molecular complexity index is 1420. The van der Waals surface area contributed by atoms with Crippen molar-refractivity contribution in [2.24, 2.45) is 0 Å². The highest BCUT2D eigenvalue weighted by Gasteiger charge is 2.12. The number of carbonyl (C=O) groups is 1. The first kappa shape index (κ1) is 23.1. The van der Waals surface area contributed by atoms with E-state index >= 15 is 0 Å². The van der Waals surface area contributed by atoms with Crippen molar-refractivity contribution in [1.29, 1.82) is 0 Å². The van der Waals surface area contributed by atoms with Crippen molar-refractivity contribution in [1.82, 2.24) is 29.6 Å². The van der Waals surface area contributed by atoms with E-state index in [-0.39, 0.29) is 10.8 Å². The summed E-state index contributed by atoms with van der Waals surface area (Å²) in [4.78, 5) is 20.8. The van der Waals surface area contributed by atoms with Gasteiger partial charge < -0.3 is 9.88 Å². The predicted molar refractivity (Wildman–Crippen MR) is 129 cm³/mol. The Labute approximate surface area is 197 Å². The van der Waals surface area contributed by atoms with E-state index in [0.717, 1.165) is 17.0 Å².